The van der Waals surface area contributed by atoms with E-state index in [-0.39, 0.29) is 5.75 Å². The van der Waals surface area contributed by atoms with E-state index in [9.17, 15) is 5.11 Å². The van der Waals surface area contributed by atoms with E-state index in [1.807, 2.05) is 24.3 Å². The van der Waals surface area contributed by atoms with Crippen LogP contribution in [0.25, 0.3) is 22.9 Å². The van der Waals surface area contributed by atoms with Gasteiger partial charge in [-0.3, -0.25) is 0 Å². The van der Waals surface area contributed by atoms with E-state index in [1.54, 1.807) is 25.3 Å². The molecule has 106 valence electrons. The first-order chi connectivity index (χ1) is 10.2. The normalized spacial score (nSPS) is 10.6. The molecule has 1 heterocycles. The second-order valence-electron chi connectivity index (χ2n) is 4.28. The number of phenols is 1. The van der Waals surface area contributed by atoms with E-state index in [0.717, 1.165) is 5.56 Å². The number of aromatic hydroxyl groups is 1. The molecule has 0 amide bonds. The van der Waals surface area contributed by atoms with Crippen molar-refractivity contribution >= 4 is 15.9 Å². The molecule has 6 heteroatoms. The Hall–Kier alpha value is -2.34. The zero-order valence-electron chi connectivity index (χ0n) is 11.1. The molecule has 21 heavy (non-hydrogen) atoms. The molecule has 1 N–H and O–H groups in total. The lowest BCUT2D eigenvalue weighted by molar-refractivity contribution is 0.414. The van der Waals surface area contributed by atoms with Gasteiger partial charge in [-0.25, -0.2) is 0 Å². The molecule has 0 atom stereocenters. The summed E-state index contributed by atoms with van der Waals surface area (Å²) in [5.74, 6) is 1.58. The van der Waals surface area contributed by atoms with E-state index in [0.29, 0.717) is 27.6 Å². The molecular formula is C15H11BrN2O3. The van der Waals surface area contributed by atoms with Gasteiger partial charge in [0.05, 0.1) is 17.1 Å². The van der Waals surface area contributed by atoms with Gasteiger partial charge in [0.2, 0.25) is 5.89 Å². The molecule has 0 fully saturated rings. The number of nitrogens with zero attached hydrogens (tertiary/aromatic N) is 2. The van der Waals surface area contributed by atoms with Crippen LogP contribution >= 0.6 is 15.9 Å². The first-order valence-corrected chi connectivity index (χ1v) is 6.94. The lowest BCUT2D eigenvalue weighted by Crippen LogP contribution is -1.87. The van der Waals surface area contributed by atoms with E-state index < -0.39 is 0 Å². The Labute approximate surface area is 129 Å². The highest BCUT2D eigenvalue weighted by atomic mass is 79.9. The zero-order chi connectivity index (χ0) is 14.8. The molecule has 0 aliphatic heterocycles. The third-order valence-corrected chi connectivity index (χ3v) is 3.59. The van der Waals surface area contributed by atoms with Crippen LogP contribution < -0.4 is 4.74 Å². The Morgan fingerprint density at radius 2 is 1.86 bits per heavy atom. The van der Waals surface area contributed by atoms with Crippen molar-refractivity contribution in [3.8, 4) is 34.4 Å². The van der Waals surface area contributed by atoms with Crippen molar-refractivity contribution in [3.63, 3.8) is 0 Å². The van der Waals surface area contributed by atoms with Crippen LogP contribution in [0.15, 0.2) is 51.4 Å². The van der Waals surface area contributed by atoms with Gasteiger partial charge in [0.1, 0.15) is 11.5 Å². The maximum atomic E-state index is 9.51. The number of hydrogen-bond donors (Lipinski definition) is 1. The maximum absolute atomic E-state index is 9.51. The average Bonchev–Trinajstić information content (AvgIpc) is 2.99. The van der Waals surface area contributed by atoms with Crippen molar-refractivity contribution in [2.24, 2.45) is 0 Å². The largest absolute Gasteiger partial charge is 0.507 e. The number of rotatable bonds is 3. The molecule has 0 bridgehead atoms. The fraction of sp³-hybridized carbons (Fsp3) is 0.0667. The summed E-state index contributed by atoms with van der Waals surface area (Å²) in [6, 6.07) is 12.4. The summed E-state index contributed by atoms with van der Waals surface area (Å²) >= 11 is 3.26. The molecule has 0 saturated carbocycles. The fourth-order valence-corrected chi connectivity index (χ4v) is 2.29. The predicted molar refractivity (Wildman–Crippen MR) is 81.1 cm³/mol. The predicted octanol–water partition coefficient (Wildman–Crippen LogP) is 3.88. The number of aromatic nitrogens is 2. The molecule has 3 aromatic rings. The number of benzene rings is 2. The summed E-state index contributed by atoms with van der Waals surface area (Å²) in [5.41, 5.74) is 1.45. The van der Waals surface area contributed by atoms with Crippen LogP contribution in [0.3, 0.4) is 0 Å². The Morgan fingerprint density at radius 1 is 1.10 bits per heavy atom. The summed E-state index contributed by atoms with van der Waals surface area (Å²) in [6.45, 7) is 0. The molecule has 5 nitrogen and oxygen atoms in total. The third kappa shape index (κ3) is 2.62. The van der Waals surface area contributed by atoms with Gasteiger partial charge in [-0.1, -0.05) is 12.1 Å². The molecule has 0 aliphatic rings. The van der Waals surface area contributed by atoms with E-state index in [4.69, 9.17) is 9.15 Å². The highest BCUT2D eigenvalue weighted by Gasteiger charge is 2.14. The molecule has 0 radical (unpaired) electrons. The average molecular weight is 347 g/mol. The second-order valence-corrected chi connectivity index (χ2v) is 5.13. The van der Waals surface area contributed by atoms with Gasteiger partial charge < -0.3 is 14.3 Å². The van der Waals surface area contributed by atoms with Crippen LogP contribution in [0.5, 0.6) is 11.5 Å². The van der Waals surface area contributed by atoms with Gasteiger partial charge in [-0.2, -0.15) is 0 Å². The first kappa shape index (κ1) is 13.6. The Kier molecular flexibility index (Phi) is 3.62. The third-order valence-electron chi connectivity index (χ3n) is 2.96. The van der Waals surface area contributed by atoms with Crippen molar-refractivity contribution in [1.29, 1.82) is 0 Å². The number of hydrogen-bond acceptors (Lipinski definition) is 5. The fourth-order valence-electron chi connectivity index (χ4n) is 1.91. The highest BCUT2D eigenvalue weighted by Crippen LogP contribution is 2.33. The quantitative estimate of drug-likeness (QED) is 0.779. The van der Waals surface area contributed by atoms with Crippen LogP contribution in [0, 0.1) is 0 Å². The molecule has 2 aromatic carbocycles. The number of ether oxygens (including phenoxy) is 1. The van der Waals surface area contributed by atoms with E-state index in [2.05, 4.69) is 26.1 Å². The lowest BCUT2D eigenvalue weighted by Gasteiger charge is -2.03. The Bertz CT molecular complexity index is 786. The molecular weight excluding hydrogens is 336 g/mol. The van der Waals surface area contributed by atoms with Crippen molar-refractivity contribution in [3.05, 3.63) is 46.9 Å². The maximum Gasteiger partial charge on any atom is 0.251 e. The zero-order valence-corrected chi connectivity index (χ0v) is 12.7. The summed E-state index contributed by atoms with van der Waals surface area (Å²) in [7, 11) is 1.59. The van der Waals surface area contributed by atoms with Crippen molar-refractivity contribution in [2.75, 3.05) is 7.11 Å². The van der Waals surface area contributed by atoms with Gasteiger partial charge in [0.15, 0.2) is 0 Å². The van der Waals surface area contributed by atoms with Crippen LogP contribution in [0.4, 0.5) is 0 Å². The summed E-state index contributed by atoms with van der Waals surface area (Å²) in [5, 5.41) is 17.6. The standard InChI is InChI=1S/C15H11BrN2O3/c1-20-13-5-3-2-4-10(13)15-18-17-14(21-15)9-6-7-12(19)11(16)8-9/h2-8,19H,1H3. The lowest BCUT2D eigenvalue weighted by atomic mass is 10.2. The number of phenolic OH excluding ortho intramolecular Hbond substituents is 1. The monoisotopic (exact) mass is 346 g/mol. The van der Waals surface area contributed by atoms with E-state index in [1.165, 1.54) is 0 Å². The molecule has 0 saturated heterocycles. The Morgan fingerprint density at radius 3 is 2.62 bits per heavy atom. The molecule has 0 aliphatic carbocycles. The minimum atomic E-state index is 0.156. The molecule has 1 aromatic heterocycles. The SMILES string of the molecule is COc1ccccc1-c1nnc(-c2ccc(O)c(Br)c2)o1. The summed E-state index contributed by atoms with van der Waals surface area (Å²) in [4.78, 5) is 0. The second kappa shape index (κ2) is 5.57. The molecule has 0 spiro atoms. The highest BCUT2D eigenvalue weighted by molar-refractivity contribution is 9.10. The van der Waals surface area contributed by atoms with Crippen LogP contribution in [0.2, 0.25) is 0 Å². The van der Waals surface area contributed by atoms with Crippen LogP contribution in [0.1, 0.15) is 0 Å². The number of methoxy groups -OCH3 is 1. The van der Waals surface area contributed by atoms with Crippen LogP contribution in [-0.2, 0) is 0 Å². The van der Waals surface area contributed by atoms with Crippen molar-refractivity contribution < 1.29 is 14.3 Å². The van der Waals surface area contributed by atoms with Crippen molar-refractivity contribution in [2.45, 2.75) is 0 Å². The van der Waals surface area contributed by atoms with Gasteiger partial charge in [0.25, 0.3) is 5.89 Å². The minimum absolute atomic E-state index is 0.156. The molecule has 3 rings (SSSR count). The minimum Gasteiger partial charge on any atom is -0.507 e. The van der Waals surface area contributed by atoms with Gasteiger partial charge in [-0.15, -0.1) is 10.2 Å². The van der Waals surface area contributed by atoms with Crippen molar-refractivity contribution in [1.82, 2.24) is 10.2 Å². The summed E-state index contributed by atoms with van der Waals surface area (Å²) in [6.07, 6.45) is 0. The molecule has 0 unspecified atom stereocenters. The van der Waals surface area contributed by atoms with Gasteiger partial charge >= 0.3 is 0 Å². The van der Waals surface area contributed by atoms with Crippen LogP contribution in [-0.4, -0.2) is 22.4 Å². The number of para-hydroxylation sites is 1. The smallest absolute Gasteiger partial charge is 0.251 e. The summed E-state index contributed by atoms with van der Waals surface area (Å²) < 4.78 is 11.5. The van der Waals surface area contributed by atoms with E-state index >= 15 is 0 Å². The Balaban J connectivity index is 2.01. The topological polar surface area (TPSA) is 68.4 Å². The van der Waals surface area contributed by atoms with Gasteiger partial charge in [-0.05, 0) is 46.3 Å². The number of halogens is 1. The van der Waals surface area contributed by atoms with Gasteiger partial charge in [0, 0.05) is 5.56 Å². The first-order valence-electron chi connectivity index (χ1n) is 6.15.